The van der Waals surface area contributed by atoms with Crippen molar-refractivity contribution in [2.75, 3.05) is 0 Å². The number of rotatable bonds is 3. The molecule has 0 spiro atoms. The summed E-state index contributed by atoms with van der Waals surface area (Å²) in [4.78, 5) is 20.6. The molecule has 1 aromatic carbocycles. The summed E-state index contributed by atoms with van der Waals surface area (Å²) in [5.41, 5.74) is 5.15. The molecule has 0 aliphatic heterocycles. The molecule has 0 aliphatic rings. The van der Waals surface area contributed by atoms with Crippen LogP contribution in [0.15, 0.2) is 28.7 Å². The van der Waals surface area contributed by atoms with E-state index in [9.17, 15) is 14.9 Å². The highest BCUT2D eigenvalue weighted by Gasteiger charge is 2.11. The van der Waals surface area contributed by atoms with Gasteiger partial charge in [0, 0.05) is 16.6 Å². The van der Waals surface area contributed by atoms with Gasteiger partial charge in [0.15, 0.2) is 0 Å². The fourth-order valence-electron chi connectivity index (χ4n) is 0.997. The maximum Gasteiger partial charge on any atom is 0.276 e. The summed E-state index contributed by atoms with van der Waals surface area (Å²) in [6, 6.07) is 4.45. The van der Waals surface area contributed by atoms with Gasteiger partial charge in [0.1, 0.15) is 0 Å². The molecule has 2 N–H and O–H groups in total. The second-order valence-corrected chi connectivity index (χ2v) is 3.61. The molecule has 0 bridgehead atoms. The standard InChI is InChI=1S/C9H7BrN2O3/c10-7-2-3-8(12(14)15)6(5-7)1-4-9(11)13/h1-5H,(H2,11,13)/b4-1+. The number of halogens is 1. The van der Waals surface area contributed by atoms with Gasteiger partial charge in [-0.05, 0) is 18.2 Å². The van der Waals surface area contributed by atoms with Gasteiger partial charge in [-0.3, -0.25) is 14.9 Å². The molecule has 0 atom stereocenters. The quantitative estimate of drug-likeness (QED) is 0.517. The summed E-state index contributed by atoms with van der Waals surface area (Å²) in [5.74, 6) is -0.649. The second-order valence-electron chi connectivity index (χ2n) is 2.70. The molecule has 0 saturated carbocycles. The molecule has 0 aromatic heterocycles. The van der Waals surface area contributed by atoms with E-state index in [-0.39, 0.29) is 5.69 Å². The van der Waals surface area contributed by atoms with Crippen LogP contribution >= 0.6 is 15.9 Å². The van der Waals surface area contributed by atoms with Crippen LogP contribution in [0.5, 0.6) is 0 Å². The largest absolute Gasteiger partial charge is 0.366 e. The topological polar surface area (TPSA) is 86.2 Å². The minimum atomic E-state index is -0.649. The number of carbonyl (C=O) groups excluding carboxylic acids is 1. The molecular weight excluding hydrogens is 264 g/mol. The molecule has 0 unspecified atom stereocenters. The molecule has 0 radical (unpaired) electrons. The van der Waals surface area contributed by atoms with Crippen molar-refractivity contribution in [3.63, 3.8) is 0 Å². The first kappa shape index (κ1) is 11.4. The monoisotopic (exact) mass is 270 g/mol. The van der Waals surface area contributed by atoms with E-state index in [0.29, 0.717) is 10.0 Å². The van der Waals surface area contributed by atoms with Crippen molar-refractivity contribution in [3.05, 3.63) is 44.4 Å². The van der Waals surface area contributed by atoms with Gasteiger partial charge in [-0.25, -0.2) is 0 Å². The van der Waals surface area contributed by atoms with Crippen LogP contribution in [0.4, 0.5) is 5.69 Å². The lowest BCUT2D eigenvalue weighted by molar-refractivity contribution is -0.385. The zero-order chi connectivity index (χ0) is 11.4. The first-order valence-corrected chi connectivity index (χ1v) is 4.71. The number of nitrogens with two attached hydrogens (primary N) is 1. The first-order chi connectivity index (χ1) is 7.00. The lowest BCUT2D eigenvalue weighted by atomic mass is 10.1. The summed E-state index contributed by atoms with van der Waals surface area (Å²) in [7, 11) is 0. The third kappa shape index (κ3) is 3.17. The molecule has 1 amide bonds. The smallest absolute Gasteiger partial charge is 0.276 e. The van der Waals surface area contributed by atoms with Crippen LogP contribution in [0.1, 0.15) is 5.56 Å². The van der Waals surface area contributed by atoms with Crippen LogP contribution in [0.3, 0.4) is 0 Å². The van der Waals surface area contributed by atoms with Crippen molar-refractivity contribution >= 4 is 33.6 Å². The van der Waals surface area contributed by atoms with Crippen LogP contribution in [0.25, 0.3) is 6.08 Å². The summed E-state index contributed by atoms with van der Waals surface area (Å²) in [6.45, 7) is 0. The van der Waals surface area contributed by atoms with Gasteiger partial charge >= 0.3 is 0 Å². The Labute approximate surface area is 93.9 Å². The SMILES string of the molecule is NC(=O)/C=C/c1cc(Br)ccc1[N+](=O)[O-]. The van der Waals surface area contributed by atoms with Gasteiger partial charge < -0.3 is 5.73 Å². The molecule has 5 nitrogen and oxygen atoms in total. The number of hydrogen-bond donors (Lipinski definition) is 1. The number of amides is 1. The van der Waals surface area contributed by atoms with Gasteiger partial charge in [0.05, 0.1) is 10.5 Å². The van der Waals surface area contributed by atoms with Crippen molar-refractivity contribution < 1.29 is 9.72 Å². The van der Waals surface area contributed by atoms with E-state index in [1.807, 2.05) is 0 Å². The van der Waals surface area contributed by atoms with E-state index in [1.165, 1.54) is 18.2 Å². The van der Waals surface area contributed by atoms with Crippen molar-refractivity contribution in [2.45, 2.75) is 0 Å². The minimum Gasteiger partial charge on any atom is -0.366 e. The van der Waals surface area contributed by atoms with E-state index in [1.54, 1.807) is 6.07 Å². The fraction of sp³-hybridized carbons (Fsp3) is 0. The lowest BCUT2D eigenvalue weighted by Crippen LogP contribution is -2.05. The van der Waals surface area contributed by atoms with Gasteiger partial charge in [0.25, 0.3) is 5.69 Å². The predicted octanol–water partition coefficient (Wildman–Crippen LogP) is 1.86. The van der Waals surface area contributed by atoms with Crippen molar-refractivity contribution in [3.8, 4) is 0 Å². The van der Waals surface area contributed by atoms with E-state index in [4.69, 9.17) is 5.73 Å². The van der Waals surface area contributed by atoms with Crippen LogP contribution in [0, 0.1) is 10.1 Å². The van der Waals surface area contributed by atoms with Crippen molar-refractivity contribution in [2.24, 2.45) is 5.73 Å². The van der Waals surface area contributed by atoms with E-state index >= 15 is 0 Å². The Morgan fingerprint density at radius 1 is 1.53 bits per heavy atom. The van der Waals surface area contributed by atoms with Gasteiger partial charge in [-0.2, -0.15) is 0 Å². The number of nitro benzene ring substituents is 1. The number of benzene rings is 1. The molecular formula is C9H7BrN2O3. The Morgan fingerprint density at radius 3 is 2.73 bits per heavy atom. The molecule has 78 valence electrons. The lowest BCUT2D eigenvalue weighted by Gasteiger charge is -1.97. The van der Waals surface area contributed by atoms with Gasteiger partial charge in [-0.1, -0.05) is 15.9 Å². The van der Waals surface area contributed by atoms with Gasteiger partial charge in [-0.15, -0.1) is 0 Å². The Hall–Kier alpha value is -1.69. The summed E-state index contributed by atoms with van der Waals surface area (Å²) in [6.07, 6.45) is 2.39. The van der Waals surface area contributed by atoms with Crippen LogP contribution in [-0.4, -0.2) is 10.8 Å². The molecule has 6 heteroatoms. The first-order valence-electron chi connectivity index (χ1n) is 3.92. The van der Waals surface area contributed by atoms with E-state index in [2.05, 4.69) is 15.9 Å². The van der Waals surface area contributed by atoms with Crippen molar-refractivity contribution in [1.29, 1.82) is 0 Å². The number of nitrogens with zero attached hydrogens (tertiary/aromatic N) is 1. The highest BCUT2D eigenvalue weighted by atomic mass is 79.9. The zero-order valence-electron chi connectivity index (χ0n) is 7.51. The van der Waals surface area contributed by atoms with Crippen LogP contribution < -0.4 is 5.73 Å². The summed E-state index contributed by atoms with van der Waals surface area (Å²) >= 11 is 3.18. The third-order valence-electron chi connectivity index (χ3n) is 1.61. The van der Waals surface area contributed by atoms with E-state index < -0.39 is 10.8 Å². The zero-order valence-corrected chi connectivity index (χ0v) is 9.10. The molecule has 1 rings (SSSR count). The fourth-order valence-corrected chi connectivity index (χ4v) is 1.38. The Kier molecular flexibility index (Phi) is 3.56. The molecule has 0 fully saturated rings. The summed E-state index contributed by atoms with van der Waals surface area (Å²) < 4.78 is 0.692. The molecule has 0 heterocycles. The Bertz CT molecular complexity index is 443. The minimum absolute atomic E-state index is 0.0734. The van der Waals surface area contributed by atoms with Crippen molar-refractivity contribution in [1.82, 2.24) is 0 Å². The maximum absolute atomic E-state index is 10.6. The van der Waals surface area contributed by atoms with E-state index in [0.717, 1.165) is 6.08 Å². The Morgan fingerprint density at radius 2 is 2.20 bits per heavy atom. The average Bonchev–Trinajstić information content (AvgIpc) is 2.14. The number of primary amides is 1. The average molecular weight is 271 g/mol. The molecule has 1 aromatic rings. The molecule has 15 heavy (non-hydrogen) atoms. The van der Waals surface area contributed by atoms with Crippen LogP contribution in [0.2, 0.25) is 0 Å². The molecule has 0 saturated heterocycles. The maximum atomic E-state index is 10.6. The number of hydrogen-bond acceptors (Lipinski definition) is 3. The second kappa shape index (κ2) is 4.70. The van der Waals surface area contributed by atoms with Crippen LogP contribution in [-0.2, 0) is 4.79 Å². The highest BCUT2D eigenvalue weighted by Crippen LogP contribution is 2.23. The highest BCUT2D eigenvalue weighted by molar-refractivity contribution is 9.10. The Balaban J connectivity index is 3.18. The van der Waals surface area contributed by atoms with Gasteiger partial charge in [0.2, 0.25) is 5.91 Å². The number of nitro groups is 1. The number of carbonyl (C=O) groups is 1. The summed E-state index contributed by atoms with van der Waals surface area (Å²) in [5, 5.41) is 10.6. The predicted molar refractivity (Wildman–Crippen MR) is 59.0 cm³/mol. The molecule has 0 aliphatic carbocycles. The third-order valence-corrected chi connectivity index (χ3v) is 2.11. The normalized spacial score (nSPS) is 10.5.